The van der Waals surface area contributed by atoms with Crippen molar-refractivity contribution in [3.63, 3.8) is 0 Å². The van der Waals surface area contributed by atoms with Crippen molar-refractivity contribution < 1.29 is 0 Å². The fraction of sp³-hybridized carbons (Fsp3) is 0.300. The Morgan fingerprint density at radius 2 is 1.62 bits per heavy atom. The van der Waals surface area contributed by atoms with E-state index in [4.69, 9.17) is 0 Å². The number of hydrogen-bond acceptors (Lipinski definition) is 1. The van der Waals surface area contributed by atoms with Crippen LogP contribution >= 0.6 is 0 Å². The molecule has 1 aliphatic heterocycles. The maximum absolute atomic E-state index is 2.37. The molecular weight excluding hydrogens is 254 g/mol. The quantitative estimate of drug-likeness (QED) is 0.709. The predicted octanol–water partition coefficient (Wildman–Crippen LogP) is 4.85. The Balaban J connectivity index is 1.84. The van der Waals surface area contributed by atoms with Crippen molar-refractivity contribution in [3.8, 4) is 0 Å². The van der Waals surface area contributed by atoms with Crippen molar-refractivity contribution in [1.82, 2.24) is 0 Å². The number of hydrogen-bond donors (Lipinski definition) is 0. The molecule has 0 radical (unpaired) electrons. The van der Waals surface area contributed by atoms with Gasteiger partial charge >= 0.3 is 0 Å². The lowest BCUT2D eigenvalue weighted by molar-refractivity contribution is 0.732. The molecule has 0 spiro atoms. The van der Waals surface area contributed by atoms with Crippen molar-refractivity contribution in [2.75, 3.05) is 11.9 Å². The third-order valence-corrected chi connectivity index (χ3v) is 4.66. The maximum Gasteiger partial charge on any atom is 0.0399 e. The third kappa shape index (κ3) is 2.73. The van der Waals surface area contributed by atoms with E-state index in [9.17, 15) is 0 Å². The second-order valence-electron chi connectivity index (χ2n) is 6.23. The molecule has 3 rings (SSSR count). The molecule has 1 unspecified atom stereocenters. The smallest absolute Gasteiger partial charge is 0.0399 e. The van der Waals surface area contributed by atoms with Crippen LogP contribution in [-0.4, -0.2) is 13.1 Å². The highest BCUT2D eigenvalue weighted by atomic mass is 15.1. The van der Waals surface area contributed by atoms with E-state index >= 15 is 0 Å². The van der Waals surface area contributed by atoms with E-state index in [1.54, 1.807) is 0 Å². The number of rotatable bonds is 2. The molecule has 1 nitrogen and oxygen atoms in total. The highest BCUT2D eigenvalue weighted by Crippen LogP contribution is 2.31. The zero-order valence-corrected chi connectivity index (χ0v) is 13.4. The molecule has 2 aromatic carbocycles. The molecule has 0 saturated heterocycles. The largest absolute Gasteiger partial charge is 0.371 e. The van der Waals surface area contributed by atoms with Gasteiger partial charge in [0, 0.05) is 18.8 Å². The Morgan fingerprint density at radius 3 is 2.33 bits per heavy atom. The van der Waals surface area contributed by atoms with Crippen LogP contribution in [0.4, 0.5) is 5.69 Å². The molecule has 0 aliphatic carbocycles. The minimum absolute atomic E-state index is 0.610. The highest BCUT2D eigenvalue weighted by Gasteiger charge is 2.22. The van der Waals surface area contributed by atoms with Crippen LogP contribution in [0.3, 0.4) is 0 Å². The normalized spacial score (nSPS) is 17.5. The Morgan fingerprint density at radius 1 is 0.952 bits per heavy atom. The summed E-state index contributed by atoms with van der Waals surface area (Å²) in [5.41, 5.74) is 8.10. The first-order chi connectivity index (χ1) is 10.0. The number of benzene rings is 2. The van der Waals surface area contributed by atoms with Crippen molar-refractivity contribution in [2.45, 2.75) is 33.2 Å². The van der Waals surface area contributed by atoms with E-state index in [2.05, 4.69) is 81.3 Å². The summed E-state index contributed by atoms with van der Waals surface area (Å²) < 4.78 is 0. The molecule has 1 atom stereocenters. The monoisotopic (exact) mass is 277 g/mol. The number of fused-ring (bicyclic) bond motifs is 1. The number of anilines is 1. The SMILES string of the molecule is Cc1ccc(C=Cc2ccc3c(c2)CC(C)N3C)cc1C. The van der Waals surface area contributed by atoms with Crippen LogP contribution in [0.15, 0.2) is 36.4 Å². The van der Waals surface area contributed by atoms with Crippen LogP contribution in [-0.2, 0) is 6.42 Å². The lowest BCUT2D eigenvalue weighted by atomic mass is 10.0. The van der Waals surface area contributed by atoms with Gasteiger partial charge in [0.15, 0.2) is 0 Å². The zero-order chi connectivity index (χ0) is 15.0. The maximum atomic E-state index is 2.37. The van der Waals surface area contributed by atoms with Gasteiger partial charge in [-0.05, 0) is 67.1 Å². The molecule has 1 aliphatic rings. The van der Waals surface area contributed by atoms with Crippen molar-refractivity contribution in [3.05, 3.63) is 64.2 Å². The van der Waals surface area contributed by atoms with E-state index in [1.165, 1.54) is 33.5 Å². The summed E-state index contributed by atoms with van der Waals surface area (Å²) in [6, 6.07) is 14.0. The van der Waals surface area contributed by atoms with Gasteiger partial charge < -0.3 is 4.90 Å². The third-order valence-electron chi connectivity index (χ3n) is 4.66. The van der Waals surface area contributed by atoms with Crippen molar-refractivity contribution in [2.24, 2.45) is 0 Å². The standard InChI is InChI=1S/C20H23N/c1-14-5-6-17(11-15(14)2)7-8-18-9-10-20-19(13-18)12-16(3)21(20)4/h5-11,13,16H,12H2,1-4H3. The summed E-state index contributed by atoms with van der Waals surface area (Å²) in [5, 5.41) is 0. The second kappa shape index (κ2) is 5.40. The van der Waals surface area contributed by atoms with Gasteiger partial charge in [-0.25, -0.2) is 0 Å². The minimum atomic E-state index is 0.610. The molecule has 2 aromatic rings. The van der Waals surface area contributed by atoms with Crippen molar-refractivity contribution >= 4 is 17.8 Å². The molecule has 0 fully saturated rings. The lowest BCUT2D eigenvalue weighted by Crippen LogP contribution is -2.23. The molecule has 21 heavy (non-hydrogen) atoms. The summed E-state index contributed by atoms with van der Waals surface area (Å²) in [5.74, 6) is 0. The van der Waals surface area contributed by atoms with E-state index in [0.717, 1.165) is 6.42 Å². The highest BCUT2D eigenvalue weighted by molar-refractivity contribution is 5.72. The molecular formula is C20H23N. The predicted molar refractivity (Wildman–Crippen MR) is 92.9 cm³/mol. The average molecular weight is 277 g/mol. The molecule has 0 amide bonds. The summed E-state index contributed by atoms with van der Waals surface area (Å²) in [6.45, 7) is 6.60. The minimum Gasteiger partial charge on any atom is -0.371 e. The number of likely N-dealkylation sites (N-methyl/N-ethyl adjacent to an activating group) is 1. The van der Waals surface area contributed by atoms with Gasteiger partial charge in [0.1, 0.15) is 0 Å². The van der Waals surface area contributed by atoms with Gasteiger partial charge in [-0.2, -0.15) is 0 Å². The van der Waals surface area contributed by atoms with Crippen LogP contribution in [0.2, 0.25) is 0 Å². The lowest BCUT2D eigenvalue weighted by Gasteiger charge is -2.18. The van der Waals surface area contributed by atoms with Crippen LogP contribution in [0.1, 0.15) is 34.7 Å². The first-order valence-corrected chi connectivity index (χ1v) is 7.65. The Kier molecular flexibility index (Phi) is 3.59. The van der Waals surface area contributed by atoms with Crippen molar-refractivity contribution in [1.29, 1.82) is 0 Å². The number of aryl methyl sites for hydroxylation is 2. The van der Waals surface area contributed by atoms with Gasteiger partial charge in [-0.3, -0.25) is 0 Å². The first kappa shape index (κ1) is 13.9. The summed E-state index contributed by atoms with van der Waals surface area (Å²) >= 11 is 0. The van der Waals surface area contributed by atoms with Crippen LogP contribution in [0.25, 0.3) is 12.2 Å². The molecule has 1 heteroatoms. The molecule has 0 saturated carbocycles. The van der Waals surface area contributed by atoms with E-state index in [-0.39, 0.29) is 0 Å². The summed E-state index contributed by atoms with van der Waals surface area (Å²) in [6.07, 6.45) is 5.57. The molecule has 0 aromatic heterocycles. The van der Waals surface area contributed by atoms with Gasteiger partial charge in [0.25, 0.3) is 0 Å². The van der Waals surface area contributed by atoms with E-state index in [1.807, 2.05) is 0 Å². The Hall–Kier alpha value is -2.02. The topological polar surface area (TPSA) is 3.24 Å². The van der Waals surface area contributed by atoms with E-state index in [0.29, 0.717) is 6.04 Å². The van der Waals surface area contributed by atoms with Crippen LogP contribution < -0.4 is 4.90 Å². The Labute approximate surface area is 127 Å². The molecule has 108 valence electrons. The fourth-order valence-corrected chi connectivity index (χ4v) is 2.97. The molecule has 0 bridgehead atoms. The first-order valence-electron chi connectivity index (χ1n) is 7.65. The molecule has 0 N–H and O–H groups in total. The van der Waals surface area contributed by atoms with Crippen LogP contribution in [0.5, 0.6) is 0 Å². The second-order valence-corrected chi connectivity index (χ2v) is 6.23. The van der Waals surface area contributed by atoms with E-state index < -0.39 is 0 Å². The number of nitrogens with zero attached hydrogens (tertiary/aromatic N) is 1. The zero-order valence-electron chi connectivity index (χ0n) is 13.4. The summed E-state index contributed by atoms with van der Waals surface area (Å²) in [4.78, 5) is 2.37. The summed E-state index contributed by atoms with van der Waals surface area (Å²) in [7, 11) is 2.18. The fourth-order valence-electron chi connectivity index (χ4n) is 2.97. The Bertz CT molecular complexity index is 697. The average Bonchev–Trinajstić information content (AvgIpc) is 2.75. The van der Waals surface area contributed by atoms with Gasteiger partial charge in [-0.1, -0.05) is 36.4 Å². The van der Waals surface area contributed by atoms with Gasteiger partial charge in [-0.15, -0.1) is 0 Å². The molecule has 1 heterocycles. The van der Waals surface area contributed by atoms with Crippen LogP contribution in [0, 0.1) is 13.8 Å². The van der Waals surface area contributed by atoms with Gasteiger partial charge in [0.05, 0.1) is 0 Å². The van der Waals surface area contributed by atoms with Gasteiger partial charge in [0.2, 0.25) is 0 Å².